The summed E-state index contributed by atoms with van der Waals surface area (Å²) in [6, 6.07) is 12.8. The molecule has 23 heavy (non-hydrogen) atoms. The van der Waals surface area contributed by atoms with Gasteiger partial charge in [0.1, 0.15) is 11.6 Å². The summed E-state index contributed by atoms with van der Waals surface area (Å²) in [5.41, 5.74) is 9.28. The van der Waals surface area contributed by atoms with Crippen LogP contribution in [0.1, 0.15) is 27.0 Å². The first-order valence-electron chi connectivity index (χ1n) is 7.24. The second kappa shape index (κ2) is 7.45. The minimum Gasteiger partial charge on any atom is -0.496 e. The Balaban J connectivity index is 2.04. The molecule has 0 saturated carbocycles. The maximum atomic E-state index is 12.0. The minimum atomic E-state index is -0.531. The number of rotatable bonds is 5. The van der Waals surface area contributed by atoms with Gasteiger partial charge in [0.25, 0.3) is 0 Å². The number of amidine groups is 1. The Morgan fingerprint density at radius 3 is 2.57 bits per heavy atom. The minimum absolute atomic E-state index is 0.201. The maximum Gasteiger partial charge on any atom is 0.365 e. The van der Waals surface area contributed by atoms with E-state index in [0.717, 1.165) is 16.7 Å². The molecule has 0 aliphatic carbocycles. The third kappa shape index (κ3) is 4.32. The molecule has 0 heterocycles. The summed E-state index contributed by atoms with van der Waals surface area (Å²) in [7, 11) is 1.59. The van der Waals surface area contributed by atoms with E-state index in [4.69, 9.17) is 15.3 Å². The SMILES string of the molecule is COc1ccccc1C/C(N)=N\OC(=O)c1ccc(C)c(C)c1. The lowest BCUT2D eigenvalue weighted by Gasteiger charge is -2.07. The zero-order valence-corrected chi connectivity index (χ0v) is 13.5. The van der Waals surface area contributed by atoms with Crippen LogP contribution in [-0.2, 0) is 11.3 Å². The monoisotopic (exact) mass is 312 g/mol. The first-order valence-corrected chi connectivity index (χ1v) is 7.24. The predicted octanol–water partition coefficient (Wildman–Crippen LogP) is 2.98. The number of nitrogens with two attached hydrogens (primary N) is 1. The van der Waals surface area contributed by atoms with Crippen molar-refractivity contribution >= 4 is 11.8 Å². The Morgan fingerprint density at radius 2 is 1.87 bits per heavy atom. The van der Waals surface area contributed by atoms with Crippen LogP contribution in [0, 0.1) is 13.8 Å². The van der Waals surface area contributed by atoms with Crippen molar-refractivity contribution in [3.05, 3.63) is 64.7 Å². The summed E-state index contributed by atoms with van der Waals surface area (Å²) in [5, 5.41) is 3.71. The Kier molecular flexibility index (Phi) is 5.36. The lowest BCUT2D eigenvalue weighted by atomic mass is 10.1. The molecule has 2 aromatic rings. The van der Waals surface area contributed by atoms with Crippen molar-refractivity contribution in [3.63, 3.8) is 0 Å². The van der Waals surface area contributed by atoms with E-state index in [2.05, 4.69) is 5.16 Å². The number of hydrogen-bond acceptors (Lipinski definition) is 4. The third-order valence-electron chi connectivity index (χ3n) is 3.55. The average Bonchev–Trinajstić information content (AvgIpc) is 2.55. The predicted molar refractivity (Wildman–Crippen MR) is 89.7 cm³/mol. The largest absolute Gasteiger partial charge is 0.496 e. The number of hydrogen-bond donors (Lipinski definition) is 1. The Hall–Kier alpha value is -2.82. The highest BCUT2D eigenvalue weighted by molar-refractivity contribution is 5.91. The average molecular weight is 312 g/mol. The second-order valence-corrected chi connectivity index (χ2v) is 5.25. The number of carbonyl (C=O) groups excluding carboxylic acids is 1. The molecule has 0 aliphatic heterocycles. The number of nitrogens with zero attached hydrogens (tertiary/aromatic N) is 1. The molecule has 2 N–H and O–H groups in total. The molecule has 0 aliphatic rings. The Bertz CT molecular complexity index is 739. The summed E-state index contributed by atoms with van der Waals surface area (Å²) in [5.74, 6) is 0.383. The number of methoxy groups -OCH3 is 1. The number of carbonyl (C=O) groups is 1. The molecule has 0 unspecified atom stereocenters. The number of para-hydroxylation sites is 1. The number of ether oxygens (including phenoxy) is 1. The molecule has 2 rings (SSSR count). The highest BCUT2D eigenvalue weighted by atomic mass is 16.7. The summed E-state index contributed by atoms with van der Waals surface area (Å²) in [6.07, 6.45) is 0.338. The van der Waals surface area contributed by atoms with Crippen molar-refractivity contribution in [2.24, 2.45) is 10.9 Å². The van der Waals surface area contributed by atoms with Gasteiger partial charge in [0.05, 0.1) is 12.7 Å². The van der Waals surface area contributed by atoms with Crippen molar-refractivity contribution in [1.29, 1.82) is 0 Å². The van der Waals surface area contributed by atoms with Crippen molar-refractivity contribution < 1.29 is 14.4 Å². The van der Waals surface area contributed by atoms with Crippen molar-refractivity contribution in [2.45, 2.75) is 20.3 Å². The Labute approximate surface area is 135 Å². The van der Waals surface area contributed by atoms with Gasteiger partial charge in [-0.15, -0.1) is 0 Å². The van der Waals surface area contributed by atoms with E-state index in [0.29, 0.717) is 17.7 Å². The number of aryl methyl sites for hydroxylation is 2. The molecule has 5 nitrogen and oxygen atoms in total. The first kappa shape index (κ1) is 16.5. The molecule has 0 spiro atoms. The topological polar surface area (TPSA) is 73.9 Å². The van der Waals surface area contributed by atoms with Crippen molar-refractivity contribution in [1.82, 2.24) is 0 Å². The van der Waals surface area contributed by atoms with E-state index in [1.54, 1.807) is 19.2 Å². The zero-order chi connectivity index (χ0) is 16.8. The quantitative estimate of drug-likeness (QED) is 0.399. The van der Waals surface area contributed by atoms with Gasteiger partial charge in [-0.2, -0.15) is 0 Å². The van der Waals surface area contributed by atoms with Crippen molar-refractivity contribution in [3.8, 4) is 5.75 Å². The van der Waals surface area contributed by atoms with Gasteiger partial charge in [-0.05, 0) is 43.2 Å². The molecule has 0 atom stereocenters. The van der Waals surface area contributed by atoms with E-state index in [-0.39, 0.29) is 5.84 Å². The fourth-order valence-corrected chi connectivity index (χ4v) is 2.10. The Morgan fingerprint density at radius 1 is 1.13 bits per heavy atom. The van der Waals surface area contributed by atoms with Gasteiger partial charge in [-0.1, -0.05) is 29.4 Å². The number of oxime groups is 1. The van der Waals surface area contributed by atoms with Gasteiger partial charge in [0, 0.05) is 12.0 Å². The summed E-state index contributed by atoms with van der Waals surface area (Å²) >= 11 is 0. The highest BCUT2D eigenvalue weighted by Gasteiger charge is 2.09. The van der Waals surface area contributed by atoms with E-state index in [1.807, 2.05) is 44.2 Å². The summed E-state index contributed by atoms with van der Waals surface area (Å²) < 4.78 is 5.25. The fourth-order valence-electron chi connectivity index (χ4n) is 2.10. The van der Waals surface area contributed by atoms with Crippen LogP contribution in [0.25, 0.3) is 0 Å². The molecular formula is C18H20N2O3. The van der Waals surface area contributed by atoms with Gasteiger partial charge >= 0.3 is 5.97 Å². The summed E-state index contributed by atoms with van der Waals surface area (Å²) in [6.45, 7) is 3.92. The van der Waals surface area contributed by atoms with E-state index < -0.39 is 5.97 Å². The lowest BCUT2D eigenvalue weighted by molar-refractivity contribution is 0.0514. The fraction of sp³-hybridized carbons (Fsp3) is 0.222. The molecule has 120 valence electrons. The molecule has 0 fully saturated rings. The van der Waals surface area contributed by atoms with Gasteiger partial charge in [0.15, 0.2) is 0 Å². The maximum absolute atomic E-state index is 12.0. The molecular weight excluding hydrogens is 292 g/mol. The van der Waals surface area contributed by atoms with E-state index in [1.165, 1.54) is 0 Å². The van der Waals surface area contributed by atoms with Crippen LogP contribution in [0.5, 0.6) is 5.75 Å². The van der Waals surface area contributed by atoms with Crippen molar-refractivity contribution in [2.75, 3.05) is 7.11 Å². The van der Waals surface area contributed by atoms with E-state index in [9.17, 15) is 4.79 Å². The molecule has 0 aromatic heterocycles. The van der Waals surface area contributed by atoms with E-state index >= 15 is 0 Å². The van der Waals surface area contributed by atoms with Crippen LogP contribution >= 0.6 is 0 Å². The van der Waals surface area contributed by atoms with Crippen LogP contribution in [0.2, 0.25) is 0 Å². The summed E-state index contributed by atoms with van der Waals surface area (Å²) in [4.78, 5) is 16.9. The van der Waals surface area contributed by atoms with Crippen LogP contribution < -0.4 is 10.5 Å². The highest BCUT2D eigenvalue weighted by Crippen LogP contribution is 2.17. The van der Waals surface area contributed by atoms with Gasteiger partial charge in [-0.3, -0.25) is 0 Å². The second-order valence-electron chi connectivity index (χ2n) is 5.25. The normalized spacial score (nSPS) is 11.2. The van der Waals surface area contributed by atoms with Gasteiger partial charge in [0.2, 0.25) is 0 Å². The smallest absolute Gasteiger partial charge is 0.365 e. The van der Waals surface area contributed by atoms with Crippen LogP contribution in [0.3, 0.4) is 0 Å². The van der Waals surface area contributed by atoms with Crippen LogP contribution in [0.15, 0.2) is 47.6 Å². The third-order valence-corrected chi connectivity index (χ3v) is 3.55. The van der Waals surface area contributed by atoms with Gasteiger partial charge < -0.3 is 15.3 Å². The zero-order valence-electron chi connectivity index (χ0n) is 13.5. The first-order chi connectivity index (χ1) is 11.0. The molecule has 0 bridgehead atoms. The van der Waals surface area contributed by atoms with Gasteiger partial charge in [-0.25, -0.2) is 4.79 Å². The molecule has 0 saturated heterocycles. The molecule has 2 aromatic carbocycles. The molecule has 0 amide bonds. The van der Waals surface area contributed by atoms with Crippen LogP contribution in [-0.4, -0.2) is 18.9 Å². The number of benzene rings is 2. The molecule has 0 radical (unpaired) electrons. The standard InChI is InChI=1S/C18H20N2O3/c1-12-8-9-15(10-13(12)2)18(21)23-20-17(19)11-14-6-4-5-7-16(14)22-3/h4-10H,11H2,1-3H3,(H2,19,20). The lowest BCUT2D eigenvalue weighted by Crippen LogP contribution is -2.17. The molecule has 5 heteroatoms. The van der Waals surface area contributed by atoms with Crippen LogP contribution in [0.4, 0.5) is 0 Å².